The van der Waals surface area contributed by atoms with Crippen LogP contribution in [0.1, 0.15) is 57.7 Å². The fourth-order valence-electron chi connectivity index (χ4n) is 4.84. The molecule has 1 saturated carbocycles. The number of β-amino-alcohol motifs (C(OH)–C–C–N with tert-alkyl or cyclic N) is 1. The molecule has 1 aliphatic heterocycles. The van der Waals surface area contributed by atoms with Gasteiger partial charge in [0.05, 0.1) is 17.5 Å². The summed E-state index contributed by atoms with van der Waals surface area (Å²) in [4.78, 5) is 28.4. The molecule has 13 nitrogen and oxygen atoms in total. The van der Waals surface area contributed by atoms with E-state index in [-0.39, 0.29) is 31.3 Å². The van der Waals surface area contributed by atoms with E-state index in [1.165, 1.54) is 4.90 Å². The molecule has 0 bridgehead atoms. The molecule has 1 aromatic carbocycles. The Kier molecular flexibility index (Phi) is 7.11. The normalized spacial score (nSPS) is 20.4. The van der Waals surface area contributed by atoms with Gasteiger partial charge in [0, 0.05) is 38.2 Å². The van der Waals surface area contributed by atoms with E-state index in [9.17, 15) is 14.7 Å². The van der Waals surface area contributed by atoms with Crippen LogP contribution >= 0.6 is 0 Å². The summed E-state index contributed by atoms with van der Waals surface area (Å²) < 4.78 is 3.19. The summed E-state index contributed by atoms with van der Waals surface area (Å²) in [7, 11) is 0. The van der Waals surface area contributed by atoms with Gasteiger partial charge in [0.2, 0.25) is 17.8 Å². The molecule has 2 unspecified atom stereocenters. The molecule has 0 spiro atoms. The largest absolute Gasteiger partial charge is 0.391 e. The second-order valence-electron chi connectivity index (χ2n) is 11.0. The number of likely N-dealkylation sites (tertiary alicyclic amines) is 1. The molecule has 1 saturated heterocycles. The van der Waals surface area contributed by atoms with E-state index < -0.39 is 23.6 Å². The summed E-state index contributed by atoms with van der Waals surface area (Å²) in [5.74, 6) is 0.299. The summed E-state index contributed by atoms with van der Waals surface area (Å²) in [6.07, 6.45) is 3.43. The summed E-state index contributed by atoms with van der Waals surface area (Å²) in [5, 5.41) is 36.7. The highest BCUT2D eigenvalue weighted by molar-refractivity contribution is 5.90. The van der Waals surface area contributed by atoms with Gasteiger partial charge in [0.1, 0.15) is 12.1 Å². The van der Waals surface area contributed by atoms with Gasteiger partial charge in [0.25, 0.3) is 0 Å². The number of tetrazole rings is 1. The van der Waals surface area contributed by atoms with Crippen LogP contribution in [0.15, 0.2) is 36.5 Å². The fraction of sp³-hybridized carbons (Fsp3) is 0.560. The van der Waals surface area contributed by atoms with Crippen molar-refractivity contribution in [3.8, 4) is 5.69 Å². The average molecular weight is 523 g/mol. The van der Waals surface area contributed by atoms with Gasteiger partial charge >= 0.3 is 0 Å². The van der Waals surface area contributed by atoms with Crippen LogP contribution in [0.4, 0.5) is 5.95 Å². The maximum Gasteiger partial charge on any atom is 0.248 e. The highest BCUT2D eigenvalue weighted by Crippen LogP contribution is 2.40. The number of hydrogen-bond acceptors (Lipinski definition) is 9. The molecule has 2 amide bonds. The number of benzene rings is 1. The maximum absolute atomic E-state index is 13.8. The molecule has 202 valence electrons. The van der Waals surface area contributed by atoms with Gasteiger partial charge in [-0.2, -0.15) is 4.68 Å². The molecule has 3 aromatic rings. The van der Waals surface area contributed by atoms with E-state index in [0.717, 1.165) is 24.2 Å². The summed E-state index contributed by atoms with van der Waals surface area (Å²) in [5.41, 5.74) is 1.23. The molecule has 38 heavy (non-hydrogen) atoms. The number of carbonyl (C=O) groups is 2. The Bertz CT molecular complexity index is 1260. The number of nitrogens with one attached hydrogen (secondary N) is 2. The van der Waals surface area contributed by atoms with Gasteiger partial charge in [-0.1, -0.05) is 49.3 Å². The van der Waals surface area contributed by atoms with Crippen molar-refractivity contribution >= 4 is 17.8 Å². The SMILES string of the molecule is CC(C)(C)[C@@H](C(=O)N1CC(O)CC1C(=O)NCCNc1nnnn1-c1ccccc1)n1cc(C2CC2)nn1. The number of amides is 2. The molecule has 1 aliphatic carbocycles. The van der Waals surface area contributed by atoms with Crippen LogP contribution < -0.4 is 10.6 Å². The van der Waals surface area contributed by atoms with Crippen LogP contribution in [-0.2, 0) is 9.59 Å². The van der Waals surface area contributed by atoms with Crippen molar-refractivity contribution in [2.45, 2.75) is 64.1 Å². The zero-order valence-corrected chi connectivity index (χ0v) is 21.9. The molecule has 3 atom stereocenters. The first kappa shape index (κ1) is 25.8. The Morgan fingerprint density at radius 2 is 1.87 bits per heavy atom. The van der Waals surface area contributed by atoms with E-state index in [1.54, 1.807) is 9.36 Å². The number of aliphatic hydroxyl groups is 1. The second kappa shape index (κ2) is 10.5. The highest BCUT2D eigenvalue weighted by atomic mass is 16.3. The molecule has 2 fully saturated rings. The zero-order valence-electron chi connectivity index (χ0n) is 21.9. The number of nitrogens with zero attached hydrogens (tertiary/aromatic N) is 8. The Morgan fingerprint density at radius 1 is 1.11 bits per heavy atom. The molecule has 5 rings (SSSR count). The molecule has 3 N–H and O–H groups in total. The van der Waals surface area contributed by atoms with E-state index >= 15 is 0 Å². The molecule has 0 radical (unpaired) electrons. The topological polar surface area (TPSA) is 156 Å². The standard InChI is InChI=1S/C25H34N10O3/c1-25(2,3)21(34-15-19(28-31-34)16-9-10-16)23(38)33-14-18(36)13-20(33)22(37)26-11-12-27-24-29-30-32-35(24)17-7-5-4-6-8-17/h4-8,15-16,18,20-21,36H,9-14H2,1-3H3,(H,26,37)(H,27,29,32)/t18?,20?,21-/m1/s1. The minimum Gasteiger partial charge on any atom is -0.391 e. The van der Waals surface area contributed by atoms with Crippen molar-refractivity contribution < 1.29 is 14.7 Å². The van der Waals surface area contributed by atoms with Crippen LogP contribution in [0.5, 0.6) is 0 Å². The lowest BCUT2D eigenvalue weighted by Gasteiger charge is -2.34. The molecular weight excluding hydrogens is 488 g/mol. The second-order valence-corrected chi connectivity index (χ2v) is 11.0. The number of aromatic nitrogens is 7. The van der Waals surface area contributed by atoms with E-state index in [2.05, 4.69) is 36.5 Å². The number of para-hydroxylation sites is 1. The van der Waals surface area contributed by atoms with E-state index in [4.69, 9.17) is 0 Å². The van der Waals surface area contributed by atoms with E-state index in [0.29, 0.717) is 18.4 Å². The van der Waals surface area contributed by atoms with Crippen LogP contribution in [0, 0.1) is 5.41 Å². The lowest BCUT2D eigenvalue weighted by Crippen LogP contribution is -2.50. The quantitative estimate of drug-likeness (QED) is 0.348. The Morgan fingerprint density at radius 3 is 2.58 bits per heavy atom. The first-order valence-corrected chi connectivity index (χ1v) is 13.0. The summed E-state index contributed by atoms with van der Waals surface area (Å²) >= 11 is 0. The number of hydrogen-bond donors (Lipinski definition) is 3. The Hall–Kier alpha value is -3.87. The van der Waals surface area contributed by atoms with Crippen molar-refractivity contribution in [1.82, 2.24) is 45.4 Å². The van der Waals surface area contributed by atoms with Crippen LogP contribution in [-0.4, -0.2) is 88.8 Å². The van der Waals surface area contributed by atoms with Crippen molar-refractivity contribution in [3.63, 3.8) is 0 Å². The first-order valence-electron chi connectivity index (χ1n) is 13.0. The summed E-state index contributed by atoms with van der Waals surface area (Å²) in [6, 6.07) is 8.04. The van der Waals surface area contributed by atoms with Gasteiger partial charge in [-0.15, -0.1) is 5.10 Å². The van der Waals surface area contributed by atoms with Crippen LogP contribution in [0.25, 0.3) is 5.69 Å². The molecule has 2 aromatic heterocycles. The van der Waals surface area contributed by atoms with Crippen molar-refractivity contribution in [3.05, 3.63) is 42.2 Å². The van der Waals surface area contributed by atoms with Gasteiger partial charge in [0.15, 0.2) is 0 Å². The minimum absolute atomic E-state index is 0.0950. The third kappa shape index (κ3) is 5.52. The van der Waals surface area contributed by atoms with Crippen molar-refractivity contribution in [2.75, 3.05) is 25.0 Å². The Labute approximate surface area is 220 Å². The van der Waals surface area contributed by atoms with Gasteiger partial charge in [-0.3, -0.25) is 9.59 Å². The number of aliphatic hydroxyl groups excluding tert-OH is 1. The van der Waals surface area contributed by atoms with Gasteiger partial charge in [-0.05, 0) is 40.8 Å². The van der Waals surface area contributed by atoms with Gasteiger partial charge < -0.3 is 20.6 Å². The minimum atomic E-state index is -0.776. The van der Waals surface area contributed by atoms with Crippen molar-refractivity contribution in [2.24, 2.45) is 5.41 Å². The predicted octanol–water partition coefficient (Wildman–Crippen LogP) is 0.909. The van der Waals surface area contributed by atoms with E-state index in [1.807, 2.05) is 57.3 Å². The highest BCUT2D eigenvalue weighted by Gasteiger charge is 2.45. The average Bonchev–Trinajstić information content (AvgIpc) is 3.25. The number of anilines is 1. The fourth-order valence-corrected chi connectivity index (χ4v) is 4.84. The van der Waals surface area contributed by atoms with Crippen LogP contribution in [0.2, 0.25) is 0 Å². The number of rotatable bonds is 9. The monoisotopic (exact) mass is 522 g/mol. The molecule has 3 heterocycles. The van der Waals surface area contributed by atoms with Crippen molar-refractivity contribution in [1.29, 1.82) is 0 Å². The third-order valence-corrected chi connectivity index (χ3v) is 6.88. The predicted molar refractivity (Wildman–Crippen MR) is 137 cm³/mol. The maximum atomic E-state index is 13.8. The van der Waals surface area contributed by atoms with Gasteiger partial charge in [-0.25, -0.2) is 4.68 Å². The Balaban J connectivity index is 1.21. The van der Waals surface area contributed by atoms with Crippen LogP contribution in [0.3, 0.4) is 0 Å². The lowest BCUT2D eigenvalue weighted by molar-refractivity contribution is -0.144. The molecule has 2 aliphatic rings. The third-order valence-electron chi connectivity index (χ3n) is 6.88. The summed E-state index contributed by atoms with van der Waals surface area (Å²) in [6.45, 7) is 6.64. The molecular formula is C25H34N10O3. The molecule has 13 heteroatoms. The smallest absolute Gasteiger partial charge is 0.248 e. The first-order chi connectivity index (χ1) is 18.2. The lowest BCUT2D eigenvalue weighted by atomic mass is 9.85. The zero-order chi connectivity index (χ0) is 26.9. The number of carbonyl (C=O) groups excluding carboxylic acids is 2.